The summed E-state index contributed by atoms with van der Waals surface area (Å²) in [5.41, 5.74) is 6.92. The molecule has 9 aromatic carbocycles. The van der Waals surface area contributed by atoms with Crippen molar-refractivity contribution in [2.75, 3.05) is 0 Å². The van der Waals surface area contributed by atoms with Gasteiger partial charge in [0.25, 0.3) is 0 Å². The molecule has 0 unspecified atom stereocenters. The number of furan rings is 1. The molecule has 0 aliphatic carbocycles. The molecule has 2 heterocycles. The first-order chi connectivity index (χ1) is 26.2. The van der Waals surface area contributed by atoms with Gasteiger partial charge in [0.15, 0.2) is 17.5 Å². The lowest BCUT2D eigenvalue weighted by molar-refractivity contribution is 0.672. The van der Waals surface area contributed by atoms with Crippen molar-refractivity contribution < 1.29 is 4.42 Å². The Bertz CT molecular complexity index is 3220. The summed E-state index contributed by atoms with van der Waals surface area (Å²) in [4.78, 5) is 15.5. The summed E-state index contributed by atoms with van der Waals surface area (Å²) >= 11 is 0. The minimum Gasteiger partial charge on any atom is -0.455 e. The van der Waals surface area contributed by atoms with Crippen molar-refractivity contribution in [3.8, 4) is 45.3 Å². The van der Waals surface area contributed by atoms with E-state index in [4.69, 9.17) is 19.4 Å². The number of benzene rings is 9. The zero-order valence-corrected chi connectivity index (χ0v) is 28.5. The second-order valence-corrected chi connectivity index (χ2v) is 13.6. The van der Waals surface area contributed by atoms with Gasteiger partial charge in [0, 0.05) is 32.8 Å². The van der Waals surface area contributed by atoms with Crippen LogP contribution in [0.15, 0.2) is 180 Å². The molecule has 11 aromatic rings. The van der Waals surface area contributed by atoms with Gasteiger partial charge in [0.1, 0.15) is 11.2 Å². The molecule has 246 valence electrons. The van der Waals surface area contributed by atoms with Crippen LogP contribution in [0.3, 0.4) is 0 Å². The van der Waals surface area contributed by atoms with E-state index >= 15 is 0 Å². The number of nitrogens with zero attached hydrogens (tertiary/aromatic N) is 3. The van der Waals surface area contributed by atoms with Gasteiger partial charge in [-0.15, -0.1) is 0 Å². The molecule has 0 saturated heterocycles. The Morgan fingerprint density at radius 3 is 1.64 bits per heavy atom. The zero-order valence-electron chi connectivity index (χ0n) is 28.5. The van der Waals surface area contributed by atoms with Crippen LogP contribution in [0.2, 0.25) is 0 Å². The monoisotopic (exact) mass is 675 g/mol. The van der Waals surface area contributed by atoms with Crippen molar-refractivity contribution in [2.24, 2.45) is 0 Å². The molecule has 0 N–H and O–H groups in total. The third kappa shape index (κ3) is 4.80. The molecule has 0 amide bonds. The Morgan fingerprint density at radius 1 is 0.302 bits per heavy atom. The van der Waals surface area contributed by atoms with Gasteiger partial charge >= 0.3 is 0 Å². The van der Waals surface area contributed by atoms with E-state index in [1.807, 2.05) is 18.2 Å². The van der Waals surface area contributed by atoms with Gasteiger partial charge in [0.05, 0.1) is 0 Å². The SMILES string of the molecule is c1ccc(-c2nc(-c3ccc(-c4ccc5oc6c7ccccc7ccc6c5c4)cc3)nc(-c3c4ccccc4cc4c3ccc3ccccc34)n2)cc1. The lowest BCUT2D eigenvalue weighted by atomic mass is 9.93. The largest absolute Gasteiger partial charge is 0.455 e. The van der Waals surface area contributed by atoms with Crippen LogP contribution in [0.4, 0.5) is 0 Å². The minimum absolute atomic E-state index is 0.630. The van der Waals surface area contributed by atoms with Gasteiger partial charge in [-0.25, -0.2) is 15.0 Å². The Labute approximate surface area is 304 Å². The van der Waals surface area contributed by atoms with Crippen LogP contribution < -0.4 is 0 Å². The molecule has 0 spiro atoms. The van der Waals surface area contributed by atoms with Crippen molar-refractivity contribution in [3.63, 3.8) is 0 Å². The summed E-state index contributed by atoms with van der Waals surface area (Å²) in [7, 11) is 0. The lowest BCUT2D eigenvalue weighted by Crippen LogP contribution is -2.01. The molecule has 0 radical (unpaired) electrons. The van der Waals surface area contributed by atoms with Crippen molar-refractivity contribution in [1.29, 1.82) is 0 Å². The third-order valence-electron chi connectivity index (χ3n) is 10.5. The number of aromatic nitrogens is 3. The van der Waals surface area contributed by atoms with Crippen LogP contribution in [0.1, 0.15) is 0 Å². The Kier molecular flexibility index (Phi) is 6.52. The molecule has 4 heteroatoms. The molecular weight excluding hydrogens is 647 g/mol. The van der Waals surface area contributed by atoms with Gasteiger partial charge in [-0.1, -0.05) is 152 Å². The fraction of sp³-hybridized carbons (Fsp3) is 0. The van der Waals surface area contributed by atoms with Gasteiger partial charge in [-0.3, -0.25) is 0 Å². The van der Waals surface area contributed by atoms with Crippen molar-refractivity contribution in [1.82, 2.24) is 15.0 Å². The van der Waals surface area contributed by atoms with Gasteiger partial charge in [-0.2, -0.15) is 0 Å². The predicted molar refractivity (Wildman–Crippen MR) is 219 cm³/mol. The van der Waals surface area contributed by atoms with E-state index in [9.17, 15) is 0 Å². The van der Waals surface area contributed by atoms with Gasteiger partial charge in [0.2, 0.25) is 0 Å². The molecular formula is C49H29N3O. The fourth-order valence-corrected chi connectivity index (χ4v) is 7.89. The second-order valence-electron chi connectivity index (χ2n) is 13.6. The molecule has 53 heavy (non-hydrogen) atoms. The summed E-state index contributed by atoms with van der Waals surface area (Å²) in [5, 5.41) is 11.5. The normalized spacial score (nSPS) is 11.8. The maximum atomic E-state index is 6.38. The summed E-state index contributed by atoms with van der Waals surface area (Å²) in [6, 6.07) is 61.6. The highest BCUT2D eigenvalue weighted by atomic mass is 16.3. The van der Waals surface area contributed by atoms with Crippen LogP contribution in [-0.2, 0) is 0 Å². The zero-order chi connectivity index (χ0) is 34.9. The van der Waals surface area contributed by atoms with E-state index in [0.29, 0.717) is 17.5 Å². The molecule has 2 aromatic heterocycles. The average Bonchev–Trinajstić information content (AvgIpc) is 3.61. The molecule has 4 nitrogen and oxygen atoms in total. The number of hydrogen-bond acceptors (Lipinski definition) is 4. The molecule has 0 aliphatic heterocycles. The van der Waals surface area contributed by atoms with Gasteiger partial charge in [-0.05, 0) is 73.1 Å². The number of hydrogen-bond donors (Lipinski definition) is 0. The van der Waals surface area contributed by atoms with E-state index in [1.165, 1.54) is 21.5 Å². The second kappa shape index (κ2) is 11.7. The standard InChI is InChI=1S/C49H29N3O/c1-2-12-33(13-3-1)47-50-48(52-49(51-47)45-38-16-8-6-14-36(38)29-42-37-15-7-4-10-31(37)22-25-40(42)45)34-20-18-30(19-21-34)35-24-27-44-43(28-35)41-26-23-32-11-5-9-17-39(32)46(41)53-44/h1-29H. The topological polar surface area (TPSA) is 51.8 Å². The first kappa shape index (κ1) is 29.5. The summed E-state index contributed by atoms with van der Waals surface area (Å²) in [5.74, 6) is 1.92. The highest BCUT2D eigenvalue weighted by Crippen LogP contribution is 2.40. The fourth-order valence-electron chi connectivity index (χ4n) is 7.89. The van der Waals surface area contributed by atoms with E-state index < -0.39 is 0 Å². The van der Waals surface area contributed by atoms with E-state index in [1.54, 1.807) is 0 Å². The van der Waals surface area contributed by atoms with Gasteiger partial charge < -0.3 is 4.42 Å². The summed E-state index contributed by atoms with van der Waals surface area (Å²) in [6.45, 7) is 0. The molecule has 0 aliphatic rings. The summed E-state index contributed by atoms with van der Waals surface area (Å²) < 4.78 is 6.38. The van der Waals surface area contributed by atoms with Crippen LogP contribution in [0, 0.1) is 0 Å². The van der Waals surface area contributed by atoms with Crippen LogP contribution in [-0.4, -0.2) is 15.0 Å². The Morgan fingerprint density at radius 2 is 0.868 bits per heavy atom. The predicted octanol–water partition coefficient (Wildman–Crippen LogP) is 13.1. The van der Waals surface area contributed by atoms with Crippen LogP contribution in [0.25, 0.3) is 110 Å². The molecule has 0 bridgehead atoms. The quantitative estimate of drug-likeness (QED) is 0.138. The van der Waals surface area contributed by atoms with Crippen LogP contribution >= 0.6 is 0 Å². The molecule has 0 fully saturated rings. The smallest absolute Gasteiger partial charge is 0.165 e. The number of rotatable bonds is 4. The van der Waals surface area contributed by atoms with Crippen molar-refractivity contribution in [2.45, 2.75) is 0 Å². The van der Waals surface area contributed by atoms with E-state index in [-0.39, 0.29) is 0 Å². The van der Waals surface area contributed by atoms with Crippen molar-refractivity contribution >= 4 is 65.0 Å². The Balaban J connectivity index is 1.07. The maximum absolute atomic E-state index is 6.38. The molecule has 11 rings (SSSR count). The first-order valence-electron chi connectivity index (χ1n) is 17.9. The van der Waals surface area contributed by atoms with Crippen LogP contribution in [0.5, 0.6) is 0 Å². The first-order valence-corrected chi connectivity index (χ1v) is 17.9. The molecule has 0 atom stereocenters. The van der Waals surface area contributed by atoms with E-state index in [2.05, 4.69) is 158 Å². The third-order valence-corrected chi connectivity index (χ3v) is 10.5. The minimum atomic E-state index is 0.630. The molecule has 0 saturated carbocycles. The highest BCUT2D eigenvalue weighted by Gasteiger charge is 2.19. The maximum Gasteiger partial charge on any atom is 0.165 e. The average molecular weight is 676 g/mol. The van der Waals surface area contributed by atoms with E-state index in [0.717, 1.165) is 71.3 Å². The lowest BCUT2D eigenvalue weighted by Gasteiger charge is -2.14. The number of fused-ring (bicyclic) bond motifs is 9. The Hall–Kier alpha value is -7.17. The van der Waals surface area contributed by atoms with Crippen molar-refractivity contribution in [3.05, 3.63) is 176 Å². The highest BCUT2D eigenvalue weighted by molar-refractivity contribution is 6.19. The summed E-state index contributed by atoms with van der Waals surface area (Å²) in [6.07, 6.45) is 0.